The van der Waals surface area contributed by atoms with E-state index in [1.807, 2.05) is 13.8 Å². The number of hydrogen-bond donors (Lipinski definition) is 1. The summed E-state index contributed by atoms with van der Waals surface area (Å²) in [5, 5.41) is 11.2. The van der Waals surface area contributed by atoms with Gasteiger partial charge in [0.25, 0.3) is 5.91 Å². The van der Waals surface area contributed by atoms with Gasteiger partial charge in [0.15, 0.2) is 5.69 Å². The quantitative estimate of drug-likeness (QED) is 0.885. The molecule has 0 aromatic carbocycles. The lowest BCUT2D eigenvalue weighted by Gasteiger charge is -2.01. The first kappa shape index (κ1) is 14.5. The number of aromatic nitrogens is 4. The molecule has 0 saturated heterocycles. The maximum Gasteiger partial charge on any atom is 0.277 e. The monoisotopic (exact) mass is 297 g/mol. The van der Waals surface area contributed by atoms with Gasteiger partial charge in [-0.25, -0.2) is 4.68 Å². The molecule has 20 heavy (non-hydrogen) atoms. The Bertz CT molecular complexity index is 592. The Labute approximate surface area is 121 Å². The molecule has 1 N–H and O–H groups in total. The summed E-state index contributed by atoms with van der Waals surface area (Å²) in [7, 11) is 0. The first-order valence-corrected chi connectivity index (χ1v) is 6.66. The number of carbonyl (C=O) groups excluding carboxylic acids is 1. The third kappa shape index (κ3) is 3.37. The molecule has 0 bridgehead atoms. The zero-order chi connectivity index (χ0) is 14.5. The summed E-state index contributed by atoms with van der Waals surface area (Å²) < 4.78 is 8.41. The van der Waals surface area contributed by atoms with E-state index in [1.54, 1.807) is 28.0 Å². The third-order valence-corrected chi connectivity index (χ3v) is 2.85. The van der Waals surface area contributed by atoms with Gasteiger partial charge in [0.2, 0.25) is 0 Å². The van der Waals surface area contributed by atoms with Gasteiger partial charge in [-0.2, -0.15) is 10.2 Å². The lowest BCUT2D eigenvalue weighted by Crippen LogP contribution is -2.13. The highest BCUT2D eigenvalue weighted by atomic mass is 35.5. The molecule has 0 aliphatic carbocycles. The van der Waals surface area contributed by atoms with Crippen LogP contribution >= 0.6 is 11.6 Å². The molecule has 108 valence electrons. The van der Waals surface area contributed by atoms with Crippen LogP contribution in [-0.2, 0) is 18.0 Å². The van der Waals surface area contributed by atoms with Crippen LogP contribution in [0.1, 0.15) is 24.3 Å². The summed E-state index contributed by atoms with van der Waals surface area (Å²) in [5.41, 5.74) is 0.767. The van der Waals surface area contributed by atoms with Crippen LogP contribution in [-0.4, -0.2) is 32.1 Å². The summed E-state index contributed by atoms with van der Waals surface area (Å²) in [6.45, 7) is 5.42. The molecule has 2 heterocycles. The maximum absolute atomic E-state index is 12.0. The van der Waals surface area contributed by atoms with Crippen LogP contribution in [0.2, 0.25) is 5.02 Å². The van der Waals surface area contributed by atoms with Crippen LogP contribution in [0.25, 0.3) is 0 Å². The minimum absolute atomic E-state index is 0.200. The molecule has 0 spiro atoms. The fourth-order valence-electron chi connectivity index (χ4n) is 1.59. The molecule has 0 unspecified atom stereocenters. The Morgan fingerprint density at radius 3 is 2.85 bits per heavy atom. The van der Waals surface area contributed by atoms with Crippen LogP contribution < -0.4 is 5.32 Å². The Morgan fingerprint density at radius 2 is 2.20 bits per heavy atom. The Balaban J connectivity index is 2.03. The minimum Gasteiger partial charge on any atom is -0.360 e. The molecule has 0 aliphatic rings. The maximum atomic E-state index is 12.0. The van der Waals surface area contributed by atoms with Crippen molar-refractivity contribution in [1.29, 1.82) is 0 Å². The molecule has 2 aromatic heterocycles. The van der Waals surface area contributed by atoms with Crippen molar-refractivity contribution in [3.05, 3.63) is 29.3 Å². The van der Waals surface area contributed by atoms with Gasteiger partial charge < -0.3 is 10.1 Å². The smallest absolute Gasteiger partial charge is 0.277 e. The topological polar surface area (TPSA) is 74.0 Å². The second kappa shape index (κ2) is 6.53. The number of aryl methyl sites for hydroxylation is 1. The van der Waals surface area contributed by atoms with Gasteiger partial charge in [0.1, 0.15) is 6.73 Å². The highest BCUT2D eigenvalue weighted by molar-refractivity contribution is 6.34. The first-order valence-electron chi connectivity index (χ1n) is 6.28. The average molecular weight is 298 g/mol. The number of halogens is 1. The van der Waals surface area contributed by atoms with Gasteiger partial charge in [-0.3, -0.25) is 9.48 Å². The summed E-state index contributed by atoms with van der Waals surface area (Å²) in [6, 6.07) is 0. The molecule has 2 aromatic rings. The van der Waals surface area contributed by atoms with Crippen molar-refractivity contribution < 1.29 is 9.53 Å². The first-order chi connectivity index (χ1) is 9.63. The van der Waals surface area contributed by atoms with Crippen molar-refractivity contribution in [2.24, 2.45) is 0 Å². The van der Waals surface area contributed by atoms with Crippen LogP contribution in [0.3, 0.4) is 0 Å². The number of rotatable bonds is 6. The van der Waals surface area contributed by atoms with E-state index < -0.39 is 0 Å². The molecule has 7 nitrogen and oxygen atoms in total. The Kier molecular flexibility index (Phi) is 4.75. The van der Waals surface area contributed by atoms with Crippen molar-refractivity contribution >= 4 is 23.2 Å². The molecule has 0 aliphatic heterocycles. The molecular formula is C12H16ClN5O2. The fourth-order valence-corrected chi connectivity index (χ4v) is 1.82. The molecule has 0 fully saturated rings. The van der Waals surface area contributed by atoms with Crippen LogP contribution in [0.5, 0.6) is 0 Å². The van der Waals surface area contributed by atoms with E-state index in [4.69, 9.17) is 16.3 Å². The van der Waals surface area contributed by atoms with E-state index in [1.165, 1.54) is 0 Å². The van der Waals surface area contributed by atoms with E-state index >= 15 is 0 Å². The molecule has 8 heteroatoms. The van der Waals surface area contributed by atoms with Gasteiger partial charge >= 0.3 is 0 Å². The zero-order valence-electron chi connectivity index (χ0n) is 11.3. The van der Waals surface area contributed by atoms with Crippen molar-refractivity contribution in [3.63, 3.8) is 0 Å². The number of amides is 1. The number of anilines is 1. The molecule has 1 amide bonds. The molecule has 0 radical (unpaired) electrons. The van der Waals surface area contributed by atoms with E-state index in [2.05, 4.69) is 15.5 Å². The van der Waals surface area contributed by atoms with E-state index in [-0.39, 0.29) is 11.6 Å². The number of nitrogens with one attached hydrogen (secondary N) is 1. The van der Waals surface area contributed by atoms with Crippen molar-refractivity contribution in [3.8, 4) is 0 Å². The van der Waals surface area contributed by atoms with Crippen molar-refractivity contribution in [2.45, 2.75) is 27.1 Å². The van der Waals surface area contributed by atoms with Crippen molar-refractivity contribution in [1.82, 2.24) is 19.6 Å². The van der Waals surface area contributed by atoms with Crippen LogP contribution in [0.15, 0.2) is 18.6 Å². The average Bonchev–Trinajstić information content (AvgIpc) is 3.02. The molecular weight excluding hydrogens is 282 g/mol. The zero-order valence-corrected chi connectivity index (χ0v) is 12.1. The SMILES string of the molecule is CCOCn1cc(NC(=O)c2nn(CC)cc2Cl)cn1. The van der Waals surface area contributed by atoms with Crippen LogP contribution in [0.4, 0.5) is 5.69 Å². The van der Waals surface area contributed by atoms with Gasteiger partial charge in [0.05, 0.1) is 23.1 Å². The summed E-state index contributed by atoms with van der Waals surface area (Å²) >= 11 is 5.97. The lowest BCUT2D eigenvalue weighted by atomic mass is 10.4. The number of hydrogen-bond acceptors (Lipinski definition) is 4. The molecule has 2 rings (SSSR count). The summed E-state index contributed by atoms with van der Waals surface area (Å²) in [5.74, 6) is -0.363. The molecule has 0 atom stereocenters. The largest absolute Gasteiger partial charge is 0.360 e. The Morgan fingerprint density at radius 1 is 1.40 bits per heavy atom. The highest BCUT2D eigenvalue weighted by Crippen LogP contribution is 2.16. The minimum atomic E-state index is -0.363. The second-order valence-corrected chi connectivity index (χ2v) is 4.43. The standard InChI is InChI=1S/C12H16ClN5O2/c1-3-17-7-10(13)11(16-17)12(19)15-9-5-14-18(6-9)8-20-4-2/h5-7H,3-4,8H2,1-2H3,(H,15,19). The summed E-state index contributed by atoms with van der Waals surface area (Å²) in [4.78, 5) is 12.0. The third-order valence-electron chi connectivity index (χ3n) is 2.57. The number of carbonyl (C=O) groups is 1. The normalized spacial score (nSPS) is 10.8. The second-order valence-electron chi connectivity index (χ2n) is 4.03. The summed E-state index contributed by atoms with van der Waals surface area (Å²) in [6.07, 6.45) is 4.84. The van der Waals surface area contributed by atoms with Crippen LogP contribution in [0, 0.1) is 0 Å². The van der Waals surface area contributed by atoms with E-state index in [0.29, 0.717) is 30.6 Å². The predicted molar refractivity (Wildman–Crippen MR) is 74.7 cm³/mol. The van der Waals surface area contributed by atoms with Gasteiger partial charge in [-0.15, -0.1) is 0 Å². The number of nitrogens with zero attached hydrogens (tertiary/aromatic N) is 4. The predicted octanol–water partition coefficient (Wildman–Crippen LogP) is 2.00. The van der Waals surface area contributed by atoms with E-state index in [0.717, 1.165) is 0 Å². The van der Waals surface area contributed by atoms with E-state index in [9.17, 15) is 4.79 Å². The highest BCUT2D eigenvalue weighted by Gasteiger charge is 2.16. The lowest BCUT2D eigenvalue weighted by molar-refractivity contribution is 0.0792. The van der Waals surface area contributed by atoms with Crippen molar-refractivity contribution in [2.75, 3.05) is 11.9 Å². The number of ether oxygens (including phenoxy) is 1. The van der Waals surface area contributed by atoms with Gasteiger partial charge in [-0.05, 0) is 13.8 Å². The van der Waals surface area contributed by atoms with Gasteiger partial charge in [0, 0.05) is 19.3 Å². The Hall–Kier alpha value is -1.86. The molecule has 0 saturated carbocycles. The van der Waals surface area contributed by atoms with Gasteiger partial charge in [-0.1, -0.05) is 11.6 Å². The fraction of sp³-hybridized carbons (Fsp3) is 0.417.